The van der Waals surface area contributed by atoms with Gasteiger partial charge in [-0.3, -0.25) is 14.5 Å². The smallest absolute Gasteiger partial charge is 0.239 e. The van der Waals surface area contributed by atoms with Gasteiger partial charge in [-0.05, 0) is 38.6 Å². The maximum absolute atomic E-state index is 12.5. The van der Waals surface area contributed by atoms with E-state index in [2.05, 4.69) is 10.2 Å². The molecule has 6 nitrogen and oxygen atoms in total. The van der Waals surface area contributed by atoms with E-state index in [-0.39, 0.29) is 42.7 Å². The fraction of sp³-hybridized carbons (Fsp3) is 0.875. The number of hydrogen-bond donors (Lipinski definition) is 1. The third-order valence-corrected chi connectivity index (χ3v) is 5.08. The quantitative estimate of drug-likeness (QED) is 0.784. The van der Waals surface area contributed by atoms with Crippen LogP contribution in [-0.2, 0) is 9.59 Å². The minimum Gasteiger partial charge on any atom is -0.342 e. The Balaban J connectivity index is 0.00000144. The minimum atomic E-state index is 0. The van der Waals surface area contributed by atoms with Crippen LogP contribution < -0.4 is 5.32 Å². The Bertz CT molecular complexity index is 413. The molecule has 0 aliphatic carbocycles. The van der Waals surface area contributed by atoms with Crippen LogP contribution in [0, 0.1) is 0 Å². The zero-order valence-corrected chi connectivity index (χ0v) is 15.9. The molecule has 0 aromatic heterocycles. The average molecular weight is 381 g/mol. The Morgan fingerprint density at radius 1 is 0.833 bits per heavy atom. The second-order valence-electron chi connectivity index (χ2n) is 6.69. The second-order valence-corrected chi connectivity index (χ2v) is 6.69. The number of nitrogens with zero attached hydrogens (tertiary/aromatic N) is 3. The van der Waals surface area contributed by atoms with Crippen molar-refractivity contribution >= 4 is 36.6 Å². The number of amides is 2. The molecule has 3 saturated heterocycles. The highest BCUT2D eigenvalue weighted by molar-refractivity contribution is 5.85. The maximum atomic E-state index is 12.5. The lowest BCUT2D eigenvalue weighted by Gasteiger charge is -2.25. The van der Waals surface area contributed by atoms with Gasteiger partial charge >= 0.3 is 0 Å². The Morgan fingerprint density at radius 2 is 1.54 bits per heavy atom. The molecule has 3 rings (SSSR count). The Labute approximate surface area is 157 Å². The van der Waals surface area contributed by atoms with Crippen molar-refractivity contribution in [1.82, 2.24) is 20.0 Å². The summed E-state index contributed by atoms with van der Waals surface area (Å²) >= 11 is 0. The first kappa shape index (κ1) is 21.5. The van der Waals surface area contributed by atoms with E-state index in [1.807, 2.05) is 9.80 Å². The number of carbonyl (C=O) groups is 2. The molecule has 3 heterocycles. The number of likely N-dealkylation sites (tertiary alicyclic amines) is 1. The lowest BCUT2D eigenvalue weighted by Crippen LogP contribution is -2.45. The zero-order valence-electron chi connectivity index (χ0n) is 14.2. The summed E-state index contributed by atoms with van der Waals surface area (Å²) in [6, 6.07) is 0.0257. The van der Waals surface area contributed by atoms with Crippen LogP contribution in [0.4, 0.5) is 0 Å². The van der Waals surface area contributed by atoms with Gasteiger partial charge in [-0.1, -0.05) is 0 Å². The van der Waals surface area contributed by atoms with Crippen molar-refractivity contribution in [2.45, 2.75) is 38.1 Å². The summed E-state index contributed by atoms with van der Waals surface area (Å²) in [5, 5.41) is 3.29. The van der Waals surface area contributed by atoms with E-state index in [9.17, 15) is 9.59 Å². The van der Waals surface area contributed by atoms with Crippen molar-refractivity contribution in [1.29, 1.82) is 0 Å². The van der Waals surface area contributed by atoms with Crippen LogP contribution in [0.5, 0.6) is 0 Å². The molecule has 24 heavy (non-hydrogen) atoms. The van der Waals surface area contributed by atoms with Gasteiger partial charge in [0.2, 0.25) is 11.8 Å². The molecule has 0 aromatic carbocycles. The molecular formula is C16H30Cl2N4O2. The molecule has 1 N–H and O–H groups in total. The van der Waals surface area contributed by atoms with Gasteiger partial charge in [0.1, 0.15) is 0 Å². The molecule has 1 atom stereocenters. The average Bonchev–Trinajstić information content (AvgIpc) is 3.18. The first-order valence-corrected chi connectivity index (χ1v) is 8.76. The second kappa shape index (κ2) is 10.4. The largest absolute Gasteiger partial charge is 0.342 e. The number of hydrogen-bond acceptors (Lipinski definition) is 4. The lowest BCUT2D eigenvalue weighted by molar-refractivity contribution is -0.132. The van der Waals surface area contributed by atoms with Crippen molar-refractivity contribution in [3.63, 3.8) is 0 Å². The van der Waals surface area contributed by atoms with Crippen molar-refractivity contribution in [3.8, 4) is 0 Å². The van der Waals surface area contributed by atoms with E-state index in [1.165, 1.54) is 0 Å². The molecule has 0 aromatic rings. The summed E-state index contributed by atoms with van der Waals surface area (Å²) in [6.07, 6.45) is 5.31. The van der Waals surface area contributed by atoms with Crippen molar-refractivity contribution in [3.05, 3.63) is 0 Å². The number of rotatable bonds is 3. The summed E-state index contributed by atoms with van der Waals surface area (Å²) < 4.78 is 0. The van der Waals surface area contributed by atoms with Gasteiger partial charge in [-0.25, -0.2) is 0 Å². The fourth-order valence-corrected chi connectivity index (χ4v) is 3.72. The first-order valence-electron chi connectivity index (χ1n) is 8.76. The van der Waals surface area contributed by atoms with Crippen LogP contribution in [0.1, 0.15) is 32.1 Å². The van der Waals surface area contributed by atoms with Crippen LogP contribution in [0.15, 0.2) is 0 Å². The number of halogens is 2. The van der Waals surface area contributed by atoms with Crippen LogP contribution in [0.25, 0.3) is 0 Å². The fourth-order valence-electron chi connectivity index (χ4n) is 3.72. The third kappa shape index (κ3) is 5.48. The minimum absolute atomic E-state index is 0. The van der Waals surface area contributed by atoms with E-state index < -0.39 is 0 Å². The molecule has 3 fully saturated rings. The summed E-state index contributed by atoms with van der Waals surface area (Å²) in [5.41, 5.74) is 0. The van der Waals surface area contributed by atoms with E-state index >= 15 is 0 Å². The van der Waals surface area contributed by atoms with Gasteiger partial charge < -0.3 is 15.1 Å². The Morgan fingerprint density at radius 3 is 2.21 bits per heavy atom. The van der Waals surface area contributed by atoms with Gasteiger partial charge in [0.05, 0.1) is 12.6 Å². The maximum Gasteiger partial charge on any atom is 0.239 e. The zero-order chi connectivity index (χ0) is 15.4. The molecule has 0 radical (unpaired) electrons. The lowest BCUT2D eigenvalue weighted by atomic mass is 10.2. The van der Waals surface area contributed by atoms with Crippen LogP contribution in [0.2, 0.25) is 0 Å². The highest BCUT2D eigenvalue weighted by Crippen LogP contribution is 2.12. The van der Waals surface area contributed by atoms with Crippen LogP contribution >= 0.6 is 24.8 Å². The first-order chi connectivity index (χ1) is 10.7. The molecule has 0 spiro atoms. The summed E-state index contributed by atoms with van der Waals surface area (Å²) in [4.78, 5) is 30.9. The standard InChI is InChI=1S/C16H28N4O2.2ClH/c21-15(19-8-1-2-9-19)13-18-7-4-10-20(12-11-18)16(22)14-5-3-6-17-14;;/h14,17H,1-13H2;2*1H. The predicted molar refractivity (Wildman–Crippen MR) is 99.0 cm³/mol. The van der Waals surface area contributed by atoms with Gasteiger partial charge in [0, 0.05) is 39.3 Å². The molecule has 0 bridgehead atoms. The van der Waals surface area contributed by atoms with Gasteiger partial charge in [-0.2, -0.15) is 0 Å². The van der Waals surface area contributed by atoms with E-state index in [0.717, 1.165) is 77.9 Å². The summed E-state index contributed by atoms with van der Waals surface area (Å²) in [5.74, 6) is 0.514. The predicted octanol–water partition coefficient (Wildman–Crippen LogP) is 0.739. The summed E-state index contributed by atoms with van der Waals surface area (Å²) in [7, 11) is 0. The highest BCUT2D eigenvalue weighted by Gasteiger charge is 2.29. The Kier molecular flexibility index (Phi) is 9.34. The normalized spacial score (nSPS) is 24.9. The molecule has 3 aliphatic heterocycles. The number of nitrogens with one attached hydrogen (secondary N) is 1. The van der Waals surface area contributed by atoms with Crippen molar-refractivity contribution in [2.24, 2.45) is 0 Å². The van der Waals surface area contributed by atoms with Crippen LogP contribution in [0.3, 0.4) is 0 Å². The van der Waals surface area contributed by atoms with Gasteiger partial charge in [0.15, 0.2) is 0 Å². The van der Waals surface area contributed by atoms with E-state index in [4.69, 9.17) is 0 Å². The van der Waals surface area contributed by atoms with E-state index in [0.29, 0.717) is 6.54 Å². The molecule has 8 heteroatoms. The summed E-state index contributed by atoms with van der Waals surface area (Å²) in [6.45, 7) is 6.63. The molecule has 2 amide bonds. The van der Waals surface area contributed by atoms with Crippen molar-refractivity contribution < 1.29 is 9.59 Å². The molecule has 3 aliphatic rings. The SMILES string of the molecule is Cl.Cl.O=C(CN1CCCN(C(=O)C2CCCN2)CC1)N1CCCC1. The molecule has 140 valence electrons. The van der Waals surface area contributed by atoms with Gasteiger partial charge in [0.25, 0.3) is 0 Å². The molecule has 0 saturated carbocycles. The topological polar surface area (TPSA) is 55.9 Å². The van der Waals surface area contributed by atoms with Crippen molar-refractivity contribution in [2.75, 3.05) is 52.4 Å². The van der Waals surface area contributed by atoms with E-state index in [1.54, 1.807) is 0 Å². The Hall–Kier alpha value is -0.560. The van der Waals surface area contributed by atoms with Crippen LogP contribution in [-0.4, -0.2) is 84.9 Å². The third-order valence-electron chi connectivity index (χ3n) is 5.08. The highest BCUT2D eigenvalue weighted by atomic mass is 35.5. The monoisotopic (exact) mass is 380 g/mol. The van der Waals surface area contributed by atoms with Gasteiger partial charge in [-0.15, -0.1) is 24.8 Å². The molecule has 1 unspecified atom stereocenters. The molecular weight excluding hydrogens is 351 g/mol. The number of carbonyl (C=O) groups excluding carboxylic acids is 2.